The molecule has 0 spiro atoms. The minimum absolute atomic E-state index is 0.0990. The lowest BCUT2D eigenvalue weighted by Gasteiger charge is -1.94. The fourth-order valence-electron chi connectivity index (χ4n) is 1.47. The van der Waals surface area contributed by atoms with Crippen molar-refractivity contribution in [2.24, 2.45) is 0 Å². The molecule has 16 heavy (non-hydrogen) atoms. The number of H-pyrrole nitrogens is 1. The van der Waals surface area contributed by atoms with Crippen LogP contribution < -0.4 is 0 Å². The van der Waals surface area contributed by atoms with E-state index in [4.69, 9.17) is 5.11 Å². The first-order valence-corrected chi connectivity index (χ1v) is 5.07. The molecular weight excluding hydrogens is 204 g/mol. The quantitative estimate of drug-likeness (QED) is 0.822. The van der Waals surface area contributed by atoms with E-state index in [1.54, 1.807) is 6.20 Å². The lowest BCUT2D eigenvalue weighted by atomic mass is 10.2. The van der Waals surface area contributed by atoms with Gasteiger partial charge in [-0.2, -0.15) is 0 Å². The largest absolute Gasteiger partial charge is 0.481 e. The van der Waals surface area contributed by atoms with Gasteiger partial charge in [-0.3, -0.25) is 4.79 Å². The molecule has 2 N–H and O–H groups in total. The van der Waals surface area contributed by atoms with Crippen LogP contribution in [0, 0.1) is 0 Å². The maximum Gasteiger partial charge on any atom is 0.303 e. The molecule has 0 aliphatic rings. The van der Waals surface area contributed by atoms with Gasteiger partial charge in [0, 0.05) is 18.2 Å². The van der Waals surface area contributed by atoms with E-state index in [-0.39, 0.29) is 6.42 Å². The summed E-state index contributed by atoms with van der Waals surface area (Å²) < 4.78 is 0. The van der Waals surface area contributed by atoms with Gasteiger partial charge in [-0.1, -0.05) is 30.3 Å². The van der Waals surface area contributed by atoms with E-state index in [9.17, 15) is 4.79 Å². The van der Waals surface area contributed by atoms with Crippen LogP contribution in [-0.2, 0) is 11.2 Å². The van der Waals surface area contributed by atoms with Gasteiger partial charge in [0.25, 0.3) is 0 Å². The number of aromatic nitrogens is 2. The van der Waals surface area contributed by atoms with Crippen LogP contribution in [-0.4, -0.2) is 21.0 Å². The first-order valence-electron chi connectivity index (χ1n) is 5.07. The van der Waals surface area contributed by atoms with Gasteiger partial charge >= 0.3 is 5.97 Å². The number of hydrogen-bond donors (Lipinski definition) is 2. The SMILES string of the molecule is O=C(O)CCc1nc(-c2ccccc2)c[nH]1. The summed E-state index contributed by atoms with van der Waals surface area (Å²) in [6.45, 7) is 0. The number of nitrogens with zero attached hydrogens (tertiary/aromatic N) is 1. The molecule has 1 heterocycles. The molecule has 0 amide bonds. The molecular formula is C12H12N2O2. The van der Waals surface area contributed by atoms with Crippen molar-refractivity contribution in [1.29, 1.82) is 0 Å². The fourth-order valence-corrected chi connectivity index (χ4v) is 1.47. The third kappa shape index (κ3) is 2.48. The molecule has 0 saturated heterocycles. The number of rotatable bonds is 4. The zero-order valence-corrected chi connectivity index (χ0v) is 8.68. The number of imidazole rings is 1. The van der Waals surface area contributed by atoms with E-state index < -0.39 is 5.97 Å². The molecule has 4 nitrogen and oxygen atoms in total. The van der Waals surface area contributed by atoms with Crippen LogP contribution in [0.2, 0.25) is 0 Å². The van der Waals surface area contributed by atoms with Crippen molar-refractivity contribution in [1.82, 2.24) is 9.97 Å². The second-order valence-electron chi connectivity index (χ2n) is 3.49. The van der Waals surface area contributed by atoms with E-state index in [1.807, 2.05) is 30.3 Å². The highest BCUT2D eigenvalue weighted by Gasteiger charge is 2.05. The lowest BCUT2D eigenvalue weighted by molar-refractivity contribution is -0.137. The van der Waals surface area contributed by atoms with Crippen molar-refractivity contribution in [3.8, 4) is 11.3 Å². The Hall–Kier alpha value is -2.10. The summed E-state index contributed by atoms with van der Waals surface area (Å²) in [6.07, 6.45) is 2.33. The van der Waals surface area contributed by atoms with Crippen LogP contribution in [0.5, 0.6) is 0 Å². The second kappa shape index (κ2) is 4.61. The molecule has 0 saturated carbocycles. The highest BCUT2D eigenvalue weighted by atomic mass is 16.4. The Labute approximate surface area is 93.0 Å². The Morgan fingerprint density at radius 1 is 1.31 bits per heavy atom. The maximum absolute atomic E-state index is 10.4. The van der Waals surface area contributed by atoms with Gasteiger partial charge in [-0.15, -0.1) is 0 Å². The molecule has 2 aromatic rings. The Morgan fingerprint density at radius 3 is 2.75 bits per heavy atom. The smallest absolute Gasteiger partial charge is 0.303 e. The van der Waals surface area contributed by atoms with Crippen LogP contribution in [0.1, 0.15) is 12.2 Å². The molecule has 0 bridgehead atoms. The average Bonchev–Trinajstić information content (AvgIpc) is 2.76. The van der Waals surface area contributed by atoms with E-state index in [2.05, 4.69) is 9.97 Å². The summed E-state index contributed by atoms with van der Waals surface area (Å²) in [5, 5.41) is 8.56. The van der Waals surface area contributed by atoms with Crippen molar-refractivity contribution in [2.75, 3.05) is 0 Å². The molecule has 1 aromatic carbocycles. The monoisotopic (exact) mass is 216 g/mol. The van der Waals surface area contributed by atoms with E-state index in [0.29, 0.717) is 12.2 Å². The standard InChI is InChI=1S/C12H12N2O2/c15-12(16)7-6-11-13-8-10(14-11)9-4-2-1-3-5-9/h1-5,8H,6-7H2,(H,13,14)(H,15,16). The lowest BCUT2D eigenvalue weighted by Crippen LogP contribution is -1.98. The Kier molecular flexibility index (Phi) is 3.00. The van der Waals surface area contributed by atoms with E-state index in [1.165, 1.54) is 0 Å². The molecule has 4 heteroatoms. The maximum atomic E-state index is 10.4. The van der Waals surface area contributed by atoms with Crippen LogP contribution >= 0.6 is 0 Å². The topological polar surface area (TPSA) is 66.0 Å². The van der Waals surface area contributed by atoms with Gasteiger partial charge < -0.3 is 10.1 Å². The number of carbonyl (C=O) groups is 1. The van der Waals surface area contributed by atoms with Gasteiger partial charge in [-0.05, 0) is 0 Å². The highest BCUT2D eigenvalue weighted by molar-refractivity contribution is 5.67. The number of hydrogen-bond acceptors (Lipinski definition) is 2. The molecule has 0 atom stereocenters. The average molecular weight is 216 g/mol. The fraction of sp³-hybridized carbons (Fsp3) is 0.167. The van der Waals surface area contributed by atoms with Crippen molar-refractivity contribution in [3.05, 3.63) is 42.4 Å². The van der Waals surface area contributed by atoms with Crippen LogP contribution in [0.4, 0.5) is 0 Å². The molecule has 0 aliphatic heterocycles. The number of aromatic amines is 1. The Balaban J connectivity index is 2.11. The van der Waals surface area contributed by atoms with Crippen molar-refractivity contribution < 1.29 is 9.90 Å². The van der Waals surface area contributed by atoms with Gasteiger partial charge in [0.05, 0.1) is 12.1 Å². The summed E-state index contributed by atoms with van der Waals surface area (Å²) in [5.74, 6) is -0.0982. The summed E-state index contributed by atoms with van der Waals surface area (Å²) in [7, 11) is 0. The summed E-state index contributed by atoms with van der Waals surface area (Å²) in [5.41, 5.74) is 1.88. The molecule has 0 unspecified atom stereocenters. The first kappa shape index (κ1) is 10.4. The number of aryl methyl sites for hydroxylation is 1. The normalized spacial score (nSPS) is 10.2. The predicted molar refractivity (Wildman–Crippen MR) is 60.0 cm³/mol. The van der Waals surface area contributed by atoms with Crippen molar-refractivity contribution >= 4 is 5.97 Å². The highest BCUT2D eigenvalue weighted by Crippen LogP contribution is 2.16. The second-order valence-corrected chi connectivity index (χ2v) is 3.49. The van der Waals surface area contributed by atoms with Gasteiger partial charge in [0.15, 0.2) is 0 Å². The number of nitrogens with one attached hydrogen (secondary N) is 1. The molecule has 0 aliphatic carbocycles. The molecule has 1 aromatic heterocycles. The van der Waals surface area contributed by atoms with Crippen molar-refractivity contribution in [2.45, 2.75) is 12.8 Å². The number of aliphatic carboxylic acids is 1. The molecule has 82 valence electrons. The summed E-state index contributed by atoms with van der Waals surface area (Å²) in [6, 6.07) is 9.78. The first-order chi connectivity index (χ1) is 7.75. The van der Waals surface area contributed by atoms with Gasteiger partial charge in [0.1, 0.15) is 5.82 Å². The Morgan fingerprint density at radius 2 is 2.06 bits per heavy atom. The zero-order valence-electron chi connectivity index (χ0n) is 8.68. The minimum Gasteiger partial charge on any atom is -0.481 e. The van der Waals surface area contributed by atoms with Crippen molar-refractivity contribution in [3.63, 3.8) is 0 Å². The molecule has 2 rings (SSSR count). The van der Waals surface area contributed by atoms with Gasteiger partial charge in [0.2, 0.25) is 0 Å². The third-order valence-electron chi connectivity index (χ3n) is 2.28. The van der Waals surface area contributed by atoms with Gasteiger partial charge in [-0.25, -0.2) is 4.98 Å². The molecule has 0 radical (unpaired) electrons. The Bertz CT molecular complexity index is 477. The van der Waals surface area contributed by atoms with E-state index in [0.717, 1.165) is 11.3 Å². The molecule has 0 fully saturated rings. The third-order valence-corrected chi connectivity index (χ3v) is 2.28. The number of carboxylic acid groups (broad SMARTS) is 1. The number of carboxylic acids is 1. The zero-order chi connectivity index (χ0) is 11.4. The number of benzene rings is 1. The minimum atomic E-state index is -0.808. The van der Waals surface area contributed by atoms with Crippen LogP contribution in [0.3, 0.4) is 0 Å². The van der Waals surface area contributed by atoms with Crippen LogP contribution in [0.15, 0.2) is 36.5 Å². The summed E-state index contributed by atoms with van der Waals surface area (Å²) in [4.78, 5) is 17.7. The van der Waals surface area contributed by atoms with E-state index >= 15 is 0 Å². The van der Waals surface area contributed by atoms with Crippen LogP contribution in [0.25, 0.3) is 11.3 Å². The summed E-state index contributed by atoms with van der Waals surface area (Å²) >= 11 is 0. The predicted octanol–water partition coefficient (Wildman–Crippen LogP) is 2.09.